The van der Waals surface area contributed by atoms with Crippen molar-refractivity contribution in [2.75, 3.05) is 6.54 Å². The second kappa shape index (κ2) is 3.50. The van der Waals surface area contributed by atoms with Crippen LogP contribution in [0.3, 0.4) is 0 Å². The Bertz CT molecular complexity index is 358. The summed E-state index contributed by atoms with van der Waals surface area (Å²) < 4.78 is 5.78. The van der Waals surface area contributed by atoms with Gasteiger partial charge in [-0.1, -0.05) is 27.4 Å². The van der Waals surface area contributed by atoms with Gasteiger partial charge in [0.1, 0.15) is 0 Å². The molecule has 0 N–H and O–H groups in total. The minimum Gasteiger partial charge on any atom is -0.435 e. The van der Waals surface area contributed by atoms with Gasteiger partial charge in [0.15, 0.2) is 5.60 Å². The maximum atomic E-state index is 12.1. The second-order valence-corrected chi connectivity index (χ2v) is 6.44. The fourth-order valence-electron chi connectivity index (χ4n) is 3.63. The zero-order valence-corrected chi connectivity index (χ0v) is 11.4. The van der Waals surface area contributed by atoms with Gasteiger partial charge < -0.3 is 4.74 Å². The van der Waals surface area contributed by atoms with E-state index in [1.807, 2.05) is 11.0 Å². The molecule has 2 fully saturated rings. The van der Waals surface area contributed by atoms with Crippen molar-refractivity contribution >= 4 is 6.09 Å². The molecule has 3 heteroatoms. The van der Waals surface area contributed by atoms with Crippen LogP contribution in [0.5, 0.6) is 0 Å². The molecule has 2 atom stereocenters. The van der Waals surface area contributed by atoms with Crippen LogP contribution in [0.25, 0.3) is 0 Å². The number of cyclic esters (lactones) is 1. The highest BCUT2D eigenvalue weighted by Gasteiger charge is 2.65. The van der Waals surface area contributed by atoms with Crippen molar-refractivity contribution in [3.05, 3.63) is 12.7 Å². The zero-order chi connectivity index (χ0) is 12.9. The smallest absolute Gasteiger partial charge is 0.411 e. The highest BCUT2D eigenvalue weighted by atomic mass is 16.6. The van der Waals surface area contributed by atoms with Gasteiger partial charge in [0.25, 0.3) is 0 Å². The van der Waals surface area contributed by atoms with Gasteiger partial charge >= 0.3 is 6.09 Å². The molecule has 0 aromatic carbocycles. The Hall–Kier alpha value is -0.990. The molecule has 0 bridgehead atoms. The Kier molecular flexibility index (Phi) is 2.57. The Morgan fingerprint density at radius 3 is 2.59 bits per heavy atom. The van der Waals surface area contributed by atoms with E-state index in [1.54, 1.807) is 0 Å². The van der Waals surface area contributed by atoms with Gasteiger partial charge in [-0.2, -0.15) is 0 Å². The van der Waals surface area contributed by atoms with Crippen LogP contribution in [0.15, 0.2) is 12.7 Å². The van der Waals surface area contributed by atoms with Crippen LogP contribution in [-0.2, 0) is 4.74 Å². The molecular formula is C14H23NO2. The first-order valence-corrected chi connectivity index (χ1v) is 6.43. The van der Waals surface area contributed by atoms with Gasteiger partial charge in [0, 0.05) is 12.0 Å². The number of nitrogens with zero attached hydrogens (tertiary/aromatic N) is 1. The number of rotatable bonds is 1. The van der Waals surface area contributed by atoms with E-state index >= 15 is 0 Å². The van der Waals surface area contributed by atoms with Crippen LogP contribution in [0, 0.1) is 5.41 Å². The third kappa shape index (κ3) is 1.37. The lowest BCUT2D eigenvalue weighted by molar-refractivity contribution is -0.0609. The van der Waals surface area contributed by atoms with E-state index in [1.165, 1.54) is 0 Å². The van der Waals surface area contributed by atoms with E-state index in [0.29, 0.717) is 0 Å². The first-order valence-electron chi connectivity index (χ1n) is 6.43. The average Bonchev–Trinajstić information content (AvgIpc) is 2.47. The molecule has 0 spiro atoms. The third-order valence-electron chi connectivity index (χ3n) is 4.56. The van der Waals surface area contributed by atoms with E-state index in [0.717, 1.165) is 25.8 Å². The van der Waals surface area contributed by atoms with Gasteiger partial charge in [0.05, 0.1) is 5.54 Å². The Labute approximate surface area is 104 Å². The number of carbonyl (C=O) groups is 1. The second-order valence-electron chi connectivity index (χ2n) is 6.44. The van der Waals surface area contributed by atoms with Crippen LogP contribution in [0.4, 0.5) is 4.79 Å². The van der Waals surface area contributed by atoms with E-state index in [2.05, 4.69) is 34.3 Å². The van der Waals surface area contributed by atoms with Gasteiger partial charge in [-0.3, -0.25) is 4.90 Å². The van der Waals surface area contributed by atoms with Crippen molar-refractivity contribution in [1.82, 2.24) is 4.90 Å². The van der Waals surface area contributed by atoms with Gasteiger partial charge in [-0.15, -0.1) is 0 Å². The Balaban J connectivity index is 2.54. The van der Waals surface area contributed by atoms with Crippen LogP contribution in [-0.4, -0.2) is 28.7 Å². The molecule has 2 aliphatic heterocycles. The lowest BCUT2D eigenvalue weighted by Gasteiger charge is -2.51. The topological polar surface area (TPSA) is 29.5 Å². The predicted molar refractivity (Wildman–Crippen MR) is 67.8 cm³/mol. The summed E-state index contributed by atoms with van der Waals surface area (Å²) in [6.07, 6.45) is 4.87. The molecule has 96 valence electrons. The van der Waals surface area contributed by atoms with E-state index < -0.39 is 5.60 Å². The van der Waals surface area contributed by atoms with E-state index in [4.69, 9.17) is 4.74 Å². The standard InChI is InChI=1S/C14H23NO2/c1-6-14(12(2,3)4)13(5)9-7-8-10-15(13)11(16)17-14/h6H,1,7-10H2,2-5H3/t13-,14-/m0/s1. The van der Waals surface area contributed by atoms with Crippen LogP contribution in [0.1, 0.15) is 47.0 Å². The molecular weight excluding hydrogens is 214 g/mol. The summed E-state index contributed by atoms with van der Waals surface area (Å²) in [5.74, 6) is 0. The van der Waals surface area contributed by atoms with Crippen molar-refractivity contribution in [2.24, 2.45) is 5.41 Å². The van der Waals surface area contributed by atoms with Gasteiger partial charge in [-0.05, 0) is 32.3 Å². The summed E-state index contributed by atoms with van der Waals surface area (Å²) in [5, 5.41) is 0. The minimum atomic E-state index is -0.586. The van der Waals surface area contributed by atoms with Crippen molar-refractivity contribution in [3.63, 3.8) is 0 Å². The molecule has 2 aliphatic rings. The number of fused-ring (bicyclic) bond motifs is 1. The highest BCUT2D eigenvalue weighted by Crippen LogP contribution is 2.53. The third-order valence-corrected chi connectivity index (χ3v) is 4.56. The quantitative estimate of drug-likeness (QED) is 0.654. The largest absolute Gasteiger partial charge is 0.435 e. The molecule has 3 nitrogen and oxygen atoms in total. The molecule has 0 saturated carbocycles. The summed E-state index contributed by atoms with van der Waals surface area (Å²) in [5.41, 5.74) is -0.981. The monoisotopic (exact) mass is 237 g/mol. The molecule has 0 aromatic heterocycles. The summed E-state index contributed by atoms with van der Waals surface area (Å²) in [7, 11) is 0. The molecule has 0 radical (unpaired) electrons. The molecule has 0 unspecified atom stereocenters. The van der Waals surface area contributed by atoms with Crippen LogP contribution < -0.4 is 0 Å². The number of piperidine rings is 1. The summed E-state index contributed by atoms with van der Waals surface area (Å²) in [4.78, 5) is 14.0. The Morgan fingerprint density at radius 1 is 1.41 bits per heavy atom. The normalized spacial score (nSPS) is 37.6. The number of ether oxygens (including phenoxy) is 1. The number of carbonyl (C=O) groups excluding carboxylic acids is 1. The first kappa shape index (κ1) is 12.5. The maximum absolute atomic E-state index is 12.1. The van der Waals surface area contributed by atoms with Crippen molar-refractivity contribution in [2.45, 2.75) is 58.1 Å². The molecule has 2 rings (SSSR count). The molecule has 0 aliphatic carbocycles. The summed E-state index contributed by atoms with van der Waals surface area (Å²) >= 11 is 0. The molecule has 0 aromatic rings. The maximum Gasteiger partial charge on any atom is 0.411 e. The van der Waals surface area contributed by atoms with Gasteiger partial charge in [-0.25, -0.2) is 4.79 Å². The van der Waals surface area contributed by atoms with Crippen molar-refractivity contribution in [3.8, 4) is 0 Å². The molecule has 1 amide bonds. The molecule has 2 saturated heterocycles. The average molecular weight is 237 g/mol. The van der Waals surface area contributed by atoms with Crippen molar-refractivity contribution < 1.29 is 9.53 Å². The highest BCUT2D eigenvalue weighted by molar-refractivity contribution is 5.74. The first-order chi connectivity index (χ1) is 7.78. The van der Waals surface area contributed by atoms with Gasteiger partial charge in [0.2, 0.25) is 0 Å². The molecule has 2 heterocycles. The number of hydrogen-bond acceptors (Lipinski definition) is 2. The predicted octanol–water partition coefficient (Wildman–Crippen LogP) is 3.35. The zero-order valence-electron chi connectivity index (χ0n) is 11.4. The SMILES string of the molecule is C=C[C@@]1(C(C)(C)C)OC(=O)N2CCCC[C@]21C. The Morgan fingerprint density at radius 2 is 2.06 bits per heavy atom. The number of amides is 1. The number of hydrogen-bond donors (Lipinski definition) is 0. The van der Waals surface area contributed by atoms with Crippen LogP contribution >= 0.6 is 0 Å². The fourth-order valence-corrected chi connectivity index (χ4v) is 3.63. The fraction of sp³-hybridized carbons (Fsp3) is 0.786. The lowest BCUT2D eigenvalue weighted by atomic mass is 9.63. The minimum absolute atomic E-state index is 0.148. The van der Waals surface area contributed by atoms with E-state index in [9.17, 15) is 4.79 Å². The van der Waals surface area contributed by atoms with Crippen LogP contribution in [0.2, 0.25) is 0 Å². The summed E-state index contributed by atoms with van der Waals surface area (Å²) in [6, 6.07) is 0. The van der Waals surface area contributed by atoms with E-state index in [-0.39, 0.29) is 17.0 Å². The summed E-state index contributed by atoms with van der Waals surface area (Å²) in [6.45, 7) is 13.2. The molecule has 17 heavy (non-hydrogen) atoms. The lowest BCUT2D eigenvalue weighted by Crippen LogP contribution is -2.62. The van der Waals surface area contributed by atoms with Crippen molar-refractivity contribution in [1.29, 1.82) is 0 Å².